The van der Waals surface area contributed by atoms with Crippen LogP contribution in [0.2, 0.25) is 0 Å². The molecule has 4 heteroatoms. The number of hydrogen-bond acceptors (Lipinski definition) is 1. The zero-order valence-corrected chi connectivity index (χ0v) is 38.1. The Morgan fingerprint density at radius 1 is 0.243 bits per heavy atom. The van der Waals surface area contributed by atoms with Crippen molar-refractivity contribution in [1.29, 1.82) is 0 Å². The number of anilines is 3. The van der Waals surface area contributed by atoms with Gasteiger partial charge in [0.1, 0.15) is 5.82 Å². The lowest BCUT2D eigenvalue weighted by molar-refractivity contribution is 0.629. The molecule has 2 heterocycles. The third-order valence-corrected chi connectivity index (χ3v) is 13.8. The number of benzene rings is 11. The predicted molar refractivity (Wildman–Crippen MR) is 292 cm³/mol. The first-order valence-electron chi connectivity index (χ1n) is 23.8. The first-order chi connectivity index (χ1) is 34.6. The lowest BCUT2D eigenvalue weighted by atomic mass is 10.00. The fraction of sp³-hybridized carbons (Fsp3) is 0. The summed E-state index contributed by atoms with van der Waals surface area (Å²) in [7, 11) is 0. The molecule has 0 fully saturated rings. The van der Waals surface area contributed by atoms with E-state index in [1.807, 2.05) is 12.1 Å². The molecule has 0 N–H and O–H groups in total. The zero-order chi connectivity index (χ0) is 46.5. The van der Waals surface area contributed by atoms with Crippen LogP contribution in [0.1, 0.15) is 0 Å². The summed E-state index contributed by atoms with van der Waals surface area (Å²) in [4.78, 5) is 2.30. The predicted octanol–water partition coefficient (Wildman–Crippen LogP) is 18.2. The third-order valence-electron chi connectivity index (χ3n) is 13.8. The number of aromatic nitrogens is 2. The van der Waals surface area contributed by atoms with Gasteiger partial charge in [-0.15, -0.1) is 0 Å². The summed E-state index contributed by atoms with van der Waals surface area (Å²) in [5, 5.41) is 4.29. The number of nitrogens with zero attached hydrogens (tertiary/aromatic N) is 3. The SMILES string of the molecule is Fc1ccc2c(c1)c1cc(-c3ccc4c(c3)c3ccccc3n4-c3ccccc3)ccc1n2-c1ccc(-c2ccc(N(c3ccccc3)c3ccc(-c4ccc(-c5ccccc5)cc4)cc3)cc2)cc1. The van der Waals surface area contributed by atoms with Gasteiger partial charge in [0, 0.05) is 50.0 Å². The number of fused-ring (bicyclic) bond motifs is 6. The Balaban J connectivity index is 0.805. The Kier molecular flexibility index (Phi) is 10.0. The van der Waals surface area contributed by atoms with Gasteiger partial charge in [-0.05, 0) is 154 Å². The van der Waals surface area contributed by atoms with Crippen LogP contribution in [0.5, 0.6) is 0 Å². The monoisotopic (exact) mass is 897 g/mol. The molecule has 0 aliphatic rings. The summed E-state index contributed by atoms with van der Waals surface area (Å²) in [6.07, 6.45) is 0. The molecule has 0 amide bonds. The fourth-order valence-corrected chi connectivity index (χ4v) is 10.4. The van der Waals surface area contributed by atoms with E-state index in [1.165, 1.54) is 38.5 Å². The number of rotatable bonds is 9. The average molecular weight is 898 g/mol. The van der Waals surface area contributed by atoms with Crippen molar-refractivity contribution >= 4 is 60.7 Å². The topological polar surface area (TPSA) is 13.1 Å². The van der Waals surface area contributed by atoms with Crippen molar-refractivity contribution in [2.75, 3.05) is 4.90 Å². The minimum Gasteiger partial charge on any atom is -0.311 e. The van der Waals surface area contributed by atoms with E-state index < -0.39 is 0 Å². The Hall–Kier alpha value is -9.25. The maximum absolute atomic E-state index is 15.1. The molecule has 11 aromatic carbocycles. The van der Waals surface area contributed by atoms with E-state index in [-0.39, 0.29) is 5.82 Å². The Bertz CT molecular complexity index is 4010. The number of halogens is 1. The summed E-state index contributed by atoms with van der Waals surface area (Å²) in [5.74, 6) is -0.251. The van der Waals surface area contributed by atoms with Crippen LogP contribution < -0.4 is 4.90 Å². The van der Waals surface area contributed by atoms with Crippen LogP contribution in [-0.2, 0) is 0 Å². The maximum Gasteiger partial charge on any atom is 0.123 e. The van der Waals surface area contributed by atoms with Crippen LogP contribution in [0.3, 0.4) is 0 Å². The van der Waals surface area contributed by atoms with Crippen LogP contribution in [0, 0.1) is 5.82 Å². The maximum atomic E-state index is 15.1. The van der Waals surface area contributed by atoms with Crippen molar-refractivity contribution in [2.45, 2.75) is 0 Å². The van der Waals surface area contributed by atoms with Crippen LogP contribution in [-0.4, -0.2) is 9.13 Å². The van der Waals surface area contributed by atoms with Gasteiger partial charge < -0.3 is 14.0 Å². The van der Waals surface area contributed by atoms with Crippen molar-refractivity contribution in [2.24, 2.45) is 0 Å². The molecule has 3 nitrogen and oxygen atoms in total. The van der Waals surface area contributed by atoms with Gasteiger partial charge in [0.05, 0.1) is 22.1 Å². The summed E-state index contributed by atoms with van der Waals surface area (Å²) in [6.45, 7) is 0. The van der Waals surface area contributed by atoms with E-state index in [4.69, 9.17) is 0 Å². The van der Waals surface area contributed by atoms with E-state index in [2.05, 4.69) is 257 Å². The zero-order valence-electron chi connectivity index (χ0n) is 38.1. The standard InChI is InChI=1S/C66H44FN3/c67-53-32-41-66-62(44-53)61-43-52(51-30-39-64-60(42-51)59-18-10-11-19-63(59)69(64)55-16-8-3-9-17-55)31-40-65(61)70(66)58-37-28-50(29-38-58)49-26-35-57(36-27-49)68(54-14-6-2-7-15-54)56-33-24-48(25-34-56)47-22-20-46(21-23-47)45-12-4-1-5-13-45/h1-44H. The highest BCUT2D eigenvalue weighted by atomic mass is 19.1. The quantitative estimate of drug-likeness (QED) is 0.141. The lowest BCUT2D eigenvalue weighted by Gasteiger charge is -2.26. The van der Waals surface area contributed by atoms with Crippen molar-refractivity contribution in [1.82, 2.24) is 9.13 Å². The van der Waals surface area contributed by atoms with Gasteiger partial charge in [0.15, 0.2) is 0 Å². The molecule has 0 atom stereocenters. The van der Waals surface area contributed by atoms with E-state index in [0.717, 1.165) is 78.0 Å². The molecular weight excluding hydrogens is 854 g/mol. The minimum atomic E-state index is -0.251. The molecule has 0 radical (unpaired) electrons. The molecule has 0 bridgehead atoms. The summed E-state index contributed by atoms with van der Waals surface area (Å²) in [6, 6.07) is 93.7. The van der Waals surface area contributed by atoms with Crippen molar-refractivity contribution in [3.63, 3.8) is 0 Å². The molecule has 70 heavy (non-hydrogen) atoms. The van der Waals surface area contributed by atoms with E-state index >= 15 is 4.39 Å². The van der Waals surface area contributed by atoms with E-state index in [1.54, 1.807) is 12.1 Å². The largest absolute Gasteiger partial charge is 0.311 e. The summed E-state index contributed by atoms with van der Waals surface area (Å²) in [5.41, 5.74) is 18.9. The van der Waals surface area contributed by atoms with Crippen molar-refractivity contribution in [3.05, 3.63) is 273 Å². The van der Waals surface area contributed by atoms with Crippen LogP contribution in [0.15, 0.2) is 267 Å². The van der Waals surface area contributed by atoms with Gasteiger partial charge in [-0.25, -0.2) is 4.39 Å². The second-order valence-corrected chi connectivity index (χ2v) is 17.9. The molecule has 0 aliphatic heterocycles. The van der Waals surface area contributed by atoms with Gasteiger partial charge >= 0.3 is 0 Å². The van der Waals surface area contributed by atoms with Crippen molar-refractivity contribution in [3.8, 4) is 55.9 Å². The molecule has 0 unspecified atom stereocenters. The van der Waals surface area contributed by atoms with Crippen LogP contribution in [0.25, 0.3) is 99.5 Å². The van der Waals surface area contributed by atoms with Crippen LogP contribution >= 0.6 is 0 Å². The lowest BCUT2D eigenvalue weighted by Crippen LogP contribution is -2.09. The molecule has 0 saturated carbocycles. The normalized spacial score (nSPS) is 11.5. The molecule has 0 aliphatic carbocycles. The highest BCUT2D eigenvalue weighted by Crippen LogP contribution is 2.40. The Labute approximate surface area is 405 Å². The van der Waals surface area contributed by atoms with Crippen LogP contribution in [0.4, 0.5) is 21.5 Å². The average Bonchev–Trinajstić information content (AvgIpc) is 3.94. The Morgan fingerprint density at radius 3 is 1.13 bits per heavy atom. The molecule has 0 saturated heterocycles. The number of hydrogen-bond donors (Lipinski definition) is 0. The van der Waals surface area contributed by atoms with Gasteiger partial charge in [0.25, 0.3) is 0 Å². The molecule has 13 aromatic rings. The van der Waals surface area contributed by atoms with Gasteiger partial charge in [-0.3, -0.25) is 0 Å². The second kappa shape index (κ2) is 17.1. The first kappa shape index (κ1) is 41.0. The van der Waals surface area contributed by atoms with Gasteiger partial charge in [-0.1, -0.05) is 158 Å². The van der Waals surface area contributed by atoms with E-state index in [9.17, 15) is 0 Å². The van der Waals surface area contributed by atoms with Crippen molar-refractivity contribution < 1.29 is 4.39 Å². The highest BCUT2D eigenvalue weighted by molar-refractivity contribution is 6.12. The fourth-order valence-electron chi connectivity index (χ4n) is 10.4. The Morgan fingerprint density at radius 2 is 0.586 bits per heavy atom. The molecule has 13 rings (SSSR count). The summed E-state index contributed by atoms with van der Waals surface area (Å²) < 4.78 is 19.7. The smallest absolute Gasteiger partial charge is 0.123 e. The third kappa shape index (κ3) is 7.22. The highest BCUT2D eigenvalue weighted by Gasteiger charge is 2.18. The van der Waals surface area contributed by atoms with Gasteiger partial charge in [-0.2, -0.15) is 0 Å². The first-order valence-corrected chi connectivity index (χ1v) is 23.8. The molecular formula is C66H44FN3. The molecule has 330 valence electrons. The molecule has 0 spiro atoms. The second-order valence-electron chi connectivity index (χ2n) is 17.9. The van der Waals surface area contributed by atoms with E-state index in [0.29, 0.717) is 0 Å². The molecule has 2 aromatic heterocycles. The van der Waals surface area contributed by atoms with Gasteiger partial charge in [0.2, 0.25) is 0 Å². The number of para-hydroxylation sites is 3. The minimum absolute atomic E-state index is 0.251. The summed E-state index contributed by atoms with van der Waals surface area (Å²) >= 11 is 0.